The van der Waals surface area contributed by atoms with Crippen molar-refractivity contribution in [2.24, 2.45) is 17.8 Å². The highest BCUT2D eigenvalue weighted by atomic mass is 35.5. The summed E-state index contributed by atoms with van der Waals surface area (Å²) in [6.45, 7) is 2.22. The maximum Gasteiger partial charge on any atom is 0.311 e. The number of pyridine rings is 1. The average molecular weight is 467 g/mol. The number of aromatic nitrogens is 4. The summed E-state index contributed by atoms with van der Waals surface area (Å²) in [5.41, 5.74) is 3.01. The lowest BCUT2D eigenvalue weighted by molar-refractivity contribution is -0.157. The molecule has 6 nitrogen and oxygen atoms in total. The third-order valence-corrected chi connectivity index (χ3v) is 7.85. The summed E-state index contributed by atoms with van der Waals surface area (Å²) in [6.07, 6.45) is 11.7. The molecule has 3 fully saturated rings. The predicted octanol–water partition coefficient (Wildman–Crippen LogP) is 5.15. The normalized spacial score (nSPS) is 25.8. The quantitative estimate of drug-likeness (QED) is 0.497. The number of esters is 1. The van der Waals surface area contributed by atoms with E-state index >= 15 is 0 Å². The summed E-state index contributed by atoms with van der Waals surface area (Å²) < 4.78 is 21.5. The van der Waals surface area contributed by atoms with Gasteiger partial charge in [-0.05, 0) is 50.5 Å². The van der Waals surface area contributed by atoms with Crippen molar-refractivity contribution >= 4 is 34.2 Å². The largest absolute Gasteiger partial charge is 0.466 e. The zero-order chi connectivity index (χ0) is 22.7. The third-order valence-electron chi connectivity index (χ3n) is 7.55. The van der Waals surface area contributed by atoms with Crippen molar-refractivity contribution < 1.29 is 13.9 Å². The molecular formula is C25H24ClFN4O2. The van der Waals surface area contributed by atoms with Crippen LogP contribution in [0.15, 0.2) is 30.7 Å². The second kappa shape index (κ2) is 7.90. The van der Waals surface area contributed by atoms with Gasteiger partial charge in [-0.2, -0.15) is 0 Å². The first-order valence-electron chi connectivity index (χ1n) is 11.6. The van der Waals surface area contributed by atoms with Crippen LogP contribution in [-0.4, -0.2) is 32.1 Å². The maximum atomic E-state index is 13.9. The van der Waals surface area contributed by atoms with Gasteiger partial charge >= 0.3 is 5.97 Å². The van der Waals surface area contributed by atoms with Crippen LogP contribution >= 0.6 is 11.6 Å². The first-order valence-corrected chi connectivity index (χ1v) is 12.0. The number of halogens is 2. The zero-order valence-electron chi connectivity index (χ0n) is 18.3. The van der Waals surface area contributed by atoms with E-state index in [-0.39, 0.29) is 23.7 Å². The minimum Gasteiger partial charge on any atom is -0.466 e. The van der Waals surface area contributed by atoms with Gasteiger partial charge in [-0.3, -0.25) is 9.78 Å². The Hall–Kier alpha value is -2.80. The Morgan fingerprint density at radius 3 is 2.79 bits per heavy atom. The van der Waals surface area contributed by atoms with Crippen LogP contribution < -0.4 is 0 Å². The summed E-state index contributed by atoms with van der Waals surface area (Å²) >= 11 is 6.61. The molecule has 170 valence electrons. The van der Waals surface area contributed by atoms with E-state index in [2.05, 4.69) is 14.5 Å². The van der Waals surface area contributed by atoms with E-state index in [1.54, 1.807) is 6.20 Å². The number of ether oxygens (including phenoxy) is 1. The molecule has 33 heavy (non-hydrogen) atoms. The molecular weight excluding hydrogens is 443 g/mol. The van der Waals surface area contributed by atoms with Gasteiger partial charge in [0, 0.05) is 30.0 Å². The van der Waals surface area contributed by atoms with Gasteiger partial charge < -0.3 is 9.30 Å². The molecule has 2 bridgehead atoms. The number of nitrogens with zero attached hydrogens (tertiary/aromatic N) is 4. The predicted molar refractivity (Wildman–Crippen MR) is 122 cm³/mol. The first-order chi connectivity index (χ1) is 16.0. The van der Waals surface area contributed by atoms with E-state index in [0.29, 0.717) is 41.4 Å². The highest BCUT2D eigenvalue weighted by Gasteiger charge is 2.49. The summed E-state index contributed by atoms with van der Waals surface area (Å²) in [6, 6.07) is 1.44. The highest BCUT2D eigenvalue weighted by molar-refractivity contribution is 6.35. The topological polar surface area (TPSA) is 69.9 Å². The zero-order valence-corrected chi connectivity index (χ0v) is 19.1. The van der Waals surface area contributed by atoms with E-state index < -0.39 is 0 Å². The van der Waals surface area contributed by atoms with Gasteiger partial charge in [0.25, 0.3) is 0 Å². The fourth-order valence-electron chi connectivity index (χ4n) is 6.12. The minimum atomic E-state index is -0.385. The van der Waals surface area contributed by atoms with Gasteiger partial charge in [0.2, 0.25) is 0 Å². The lowest BCUT2D eigenvalue weighted by atomic mass is 9.61. The monoisotopic (exact) mass is 466 g/mol. The molecule has 0 spiro atoms. The molecule has 0 saturated heterocycles. The van der Waals surface area contributed by atoms with Crippen LogP contribution in [0.5, 0.6) is 0 Å². The van der Waals surface area contributed by atoms with Crippen molar-refractivity contribution in [3.05, 3.63) is 58.7 Å². The summed E-state index contributed by atoms with van der Waals surface area (Å²) in [4.78, 5) is 26.7. The maximum absolute atomic E-state index is 13.9. The molecule has 0 unspecified atom stereocenters. The molecule has 0 amide bonds. The Morgan fingerprint density at radius 1 is 1.21 bits per heavy atom. The smallest absolute Gasteiger partial charge is 0.311 e. The molecule has 7 rings (SSSR count). The van der Waals surface area contributed by atoms with Crippen molar-refractivity contribution in [2.45, 2.75) is 45.1 Å². The van der Waals surface area contributed by atoms with Crippen molar-refractivity contribution in [3.8, 4) is 0 Å². The van der Waals surface area contributed by atoms with Crippen molar-refractivity contribution in [1.29, 1.82) is 0 Å². The second-order valence-corrected chi connectivity index (χ2v) is 9.64. The number of rotatable bonds is 4. The molecule has 0 aliphatic heterocycles. The SMILES string of the molecule is CCOC(=O)[C@H]1C2CCC(CC2)[C@@H]1n1cc(Cl)c2cnc(C3=CCc4ncc(F)cc43)nc21. The van der Waals surface area contributed by atoms with Crippen molar-refractivity contribution in [1.82, 2.24) is 19.5 Å². The van der Waals surface area contributed by atoms with Crippen molar-refractivity contribution in [3.63, 3.8) is 0 Å². The number of hydrogen-bond acceptors (Lipinski definition) is 5. The van der Waals surface area contributed by atoms with E-state index in [9.17, 15) is 9.18 Å². The lowest BCUT2D eigenvalue weighted by Gasteiger charge is -2.47. The number of carbonyl (C=O) groups excluding carboxylic acids is 1. The van der Waals surface area contributed by atoms with E-state index in [1.807, 2.05) is 19.2 Å². The number of carbonyl (C=O) groups is 1. The molecule has 8 heteroatoms. The molecule has 4 aliphatic rings. The van der Waals surface area contributed by atoms with Crippen LogP contribution in [0.3, 0.4) is 0 Å². The second-order valence-electron chi connectivity index (χ2n) is 9.23. The van der Waals surface area contributed by atoms with Crippen LogP contribution in [0.4, 0.5) is 4.39 Å². The molecule has 0 radical (unpaired) electrons. The summed E-state index contributed by atoms with van der Waals surface area (Å²) in [5, 5.41) is 1.31. The van der Waals surface area contributed by atoms with Crippen LogP contribution in [0.1, 0.15) is 55.7 Å². The van der Waals surface area contributed by atoms with Crippen LogP contribution in [0, 0.1) is 23.6 Å². The van der Waals surface area contributed by atoms with Crippen molar-refractivity contribution in [2.75, 3.05) is 6.61 Å². The molecule has 0 N–H and O–H groups in total. The number of hydrogen-bond donors (Lipinski definition) is 0. The molecule has 3 aromatic heterocycles. The fraction of sp³-hybridized carbons (Fsp3) is 0.440. The van der Waals surface area contributed by atoms with Crippen LogP contribution in [-0.2, 0) is 16.0 Å². The summed E-state index contributed by atoms with van der Waals surface area (Å²) in [7, 11) is 0. The van der Waals surface area contributed by atoms with E-state index in [1.165, 1.54) is 12.3 Å². The summed E-state index contributed by atoms with van der Waals surface area (Å²) in [5.74, 6) is 0.488. The van der Waals surface area contributed by atoms with Gasteiger partial charge in [0.1, 0.15) is 11.5 Å². The van der Waals surface area contributed by atoms with E-state index in [4.69, 9.17) is 21.3 Å². The van der Waals surface area contributed by atoms with Gasteiger partial charge in [0.05, 0.1) is 40.9 Å². The first kappa shape index (κ1) is 20.8. The number of allylic oxidation sites excluding steroid dienone is 1. The fourth-order valence-corrected chi connectivity index (χ4v) is 6.36. The Balaban J connectivity index is 1.47. The lowest BCUT2D eigenvalue weighted by Crippen LogP contribution is -2.45. The standard InChI is InChI=1S/C25H24ClFN4O2/c1-2-33-25(32)21-13-3-5-14(6-4-13)22(21)31-12-19(26)18-11-29-23(30-24(18)31)16-7-8-20-17(16)9-15(27)10-28-20/h7,9-14,21-22H,2-6,8H2,1H3/t13?,14?,21-,22-/m0/s1. The molecule has 3 aromatic rings. The Morgan fingerprint density at radius 2 is 2.00 bits per heavy atom. The molecule has 4 aliphatic carbocycles. The molecule has 0 aromatic carbocycles. The van der Waals surface area contributed by atoms with Gasteiger partial charge in [-0.1, -0.05) is 17.7 Å². The van der Waals surface area contributed by atoms with Crippen LogP contribution in [0.2, 0.25) is 5.02 Å². The Kier molecular flexibility index (Phi) is 4.98. The Bertz CT molecular complexity index is 1300. The van der Waals surface area contributed by atoms with Gasteiger partial charge in [-0.15, -0.1) is 0 Å². The van der Waals surface area contributed by atoms with Crippen LogP contribution in [0.25, 0.3) is 16.6 Å². The van der Waals surface area contributed by atoms with Gasteiger partial charge in [0.15, 0.2) is 5.82 Å². The molecule has 3 heterocycles. The molecule has 3 saturated carbocycles. The highest BCUT2D eigenvalue weighted by Crippen LogP contribution is 2.52. The van der Waals surface area contributed by atoms with Gasteiger partial charge in [-0.25, -0.2) is 14.4 Å². The average Bonchev–Trinajstić information content (AvgIpc) is 3.39. The number of fused-ring (bicyclic) bond motifs is 5. The third kappa shape index (κ3) is 3.28. The minimum absolute atomic E-state index is 0.0433. The Labute approximate surface area is 195 Å². The molecule has 2 atom stereocenters. The van der Waals surface area contributed by atoms with E-state index in [0.717, 1.165) is 47.9 Å².